The number of rotatable bonds is 6. The normalized spacial score (nSPS) is 17.2. The zero-order valence-corrected chi connectivity index (χ0v) is 13.1. The maximum absolute atomic E-state index is 13.8. The number of benzene rings is 1. The van der Waals surface area contributed by atoms with E-state index in [0.29, 0.717) is 25.9 Å². The first-order chi connectivity index (χ1) is 11.4. The van der Waals surface area contributed by atoms with Crippen molar-refractivity contribution in [1.82, 2.24) is 10.2 Å². The van der Waals surface area contributed by atoms with Crippen molar-refractivity contribution in [3.8, 4) is 0 Å². The van der Waals surface area contributed by atoms with Crippen LogP contribution in [0.2, 0.25) is 0 Å². The Kier molecular flexibility index (Phi) is 5.86. The molecule has 1 fully saturated rings. The highest BCUT2D eigenvalue weighted by molar-refractivity contribution is 5.86. The molecule has 4 N–H and O–H groups in total. The van der Waals surface area contributed by atoms with Crippen LogP contribution in [-0.2, 0) is 14.4 Å². The van der Waals surface area contributed by atoms with Crippen LogP contribution in [0.5, 0.6) is 0 Å². The molecule has 1 aromatic rings. The summed E-state index contributed by atoms with van der Waals surface area (Å²) in [7, 11) is 0. The van der Waals surface area contributed by atoms with Crippen LogP contribution >= 0.6 is 0 Å². The number of nitrogens with one attached hydrogen (secondary N) is 1. The van der Waals surface area contributed by atoms with Gasteiger partial charge < -0.3 is 16.2 Å². The van der Waals surface area contributed by atoms with Gasteiger partial charge in [-0.1, -0.05) is 18.2 Å². The van der Waals surface area contributed by atoms with E-state index >= 15 is 0 Å². The van der Waals surface area contributed by atoms with E-state index in [1.165, 1.54) is 18.2 Å². The Morgan fingerprint density at radius 1 is 1.29 bits per heavy atom. The summed E-state index contributed by atoms with van der Waals surface area (Å²) in [4.78, 5) is 36.5. The maximum Gasteiger partial charge on any atom is 0.331 e. The summed E-state index contributed by atoms with van der Waals surface area (Å²) in [5.74, 6) is -3.23. The molecule has 1 aromatic carbocycles. The Morgan fingerprint density at radius 3 is 2.46 bits per heavy atom. The molecule has 0 aromatic heterocycles. The number of carboxylic acid groups (broad SMARTS) is 1. The molecule has 1 aliphatic heterocycles. The number of aliphatic carboxylic acids is 1. The van der Waals surface area contributed by atoms with Crippen molar-refractivity contribution >= 4 is 17.8 Å². The van der Waals surface area contributed by atoms with Gasteiger partial charge in [-0.25, -0.2) is 9.18 Å². The summed E-state index contributed by atoms with van der Waals surface area (Å²) in [6, 6.07) is 4.03. The summed E-state index contributed by atoms with van der Waals surface area (Å²) in [5.41, 5.74) is 5.06. The van der Waals surface area contributed by atoms with Crippen LogP contribution in [0.3, 0.4) is 0 Å². The molecule has 8 heteroatoms. The molecule has 1 saturated heterocycles. The maximum atomic E-state index is 13.8. The lowest BCUT2D eigenvalue weighted by Crippen LogP contribution is -2.45. The third kappa shape index (κ3) is 4.51. The van der Waals surface area contributed by atoms with Gasteiger partial charge in [-0.3, -0.25) is 14.5 Å². The van der Waals surface area contributed by atoms with Gasteiger partial charge in [0.05, 0.1) is 6.54 Å². The van der Waals surface area contributed by atoms with Crippen LogP contribution in [0.25, 0.3) is 0 Å². The molecule has 1 aliphatic rings. The molecular weight excluding hydrogens is 317 g/mol. The van der Waals surface area contributed by atoms with Gasteiger partial charge in [0.2, 0.25) is 11.8 Å². The number of primary amides is 1. The lowest BCUT2D eigenvalue weighted by molar-refractivity contribution is -0.143. The van der Waals surface area contributed by atoms with Gasteiger partial charge in [0, 0.05) is 11.5 Å². The zero-order valence-electron chi connectivity index (χ0n) is 13.1. The van der Waals surface area contributed by atoms with Crippen molar-refractivity contribution in [1.29, 1.82) is 0 Å². The van der Waals surface area contributed by atoms with Crippen molar-refractivity contribution in [2.75, 3.05) is 19.6 Å². The summed E-state index contributed by atoms with van der Waals surface area (Å²) in [6.45, 7) is 1.19. The molecule has 0 saturated carbocycles. The lowest BCUT2D eigenvalue weighted by Gasteiger charge is -2.30. The quantitative estimate of drug-likeness (QED) is 0.689. The zero-order chi connectivity index (χ0) is 17.7. The Morgan fingerprint density at radius 2 is 1.92 bits per heavy atom. The van der Waals surface area contributed by atoms with E-state index in [2.05, 4.69) is 5.32 Å². The molecule has 130 valence electrons. The van der Waals surface area contributed by atoms with Crippen molar-refractivity contribution in [2.24, 2.45) is 11.7 Å². The number of amides is 2. The molecule has 24 heavy (non-hydrogen) atoms. The fourth-order valence-electron chi connectivity index (χ4n) is 2.82. The summed E-state index contributed by atoms with van der Waals surface area (Å²) in [6.07, 6.45) is 0.978. The van der Waals surface area contributed by atoms with E-state index in [9.17, 15) is 23.9 Å². The fraction of sp³-hybridized carbons (Fsp3) is 0.438. The Labute approximate surface area is 138 Å². The molecule has 2 rings (SSSR count). The van der Waals surface area contributed by atoms with E-state index in [4.69, 9.17) is 5.73 Å². The SMILES string of the molecule is NC(=O)CN1CCC(C(=O)N[C@@H](C(=O)O)c2ccccc2F)CC1. The average molecular weight is 337 g/mol. The second-order valence-corrected chi connectivity index (χ2v) is 5.82. The van der Waals surface area contributed by atoms with E-state index in [1.54, 1.807) is 0 Å². The molecule has 7 nitrogen and oxygen atoms in total. The predicted octanol–water partition coefficient (Wildman–Crippen LogP) is 0.265. The van der Waals surface area contributed by atoms with E-state index in [-0.39, 0.29) is 18.0 Å². The molecule has 0 bridgehead atoms. The minimum absolute atomic E-state index is 0.0792. The van der Waals surface area contributed by atoms with Crippen molar-refractivity contribution in [3.63, 3.8) is 0 Å². The van der Waals surface area contributed by atoms with Gasteiger partial charge in [-0.15, -0.1) is 0 Å². The monoisotopic (exact) mass is 337 g/mol. The first-order valence-electron chi connectivity index (χ1n) is 7.66. The highest BCUT2D eigenvalue weighted by Crippen LogP contribution is 2.21. The first-order valence-corrected chi connectivity index (χ1v) is 7.66. The highest BCUT2D eigenvalue weighted by Gasteiger charge is 2.30. The third-order valence-electron chi connectivity index (χ3n) is 4.09. The number of nitrogens with zero attached hydrogens (tertiary/aromatic N) is 1. The number of piperidine rings is 1. The Bertz CT molecular complexity index is 630. The number of likely N-dealkylation sites (tertiary alicyclic amines) is 1. The summed E-state index contributed by atoms with van der Waals surface area (Å²) in [5, 5.41) is 11.7. The third-order valence-corrected chi connectivity index (χ3v) is 4.09. The summed E-state index contributed by atoms with van der Waals surface area (Å²) < 4.78 is 13.8. The molecule has 0 spiro atoms. The molecule has 0 radical (unpaired) electrons. The van der Waals surface area contributed by atoms with Crippen LogP contribution in [0.15, 0.2) is 24.3 Å². The van der Waals surface area contributed by atoms with Crippen molar-refractivity contribution in [2.45, 2.75) is 18.9 Å². The van der Waals surface area contributed by atoms with Crippen molar-refractivity contribution < 1.29 is 23.9 Å². The number of hydrogen-bond donors (Lipinski definition) is 3. The lowest BCUT2D eigenvalue weighted by atomic mass is 9.95. The standard InChI is InChI=1S/C16H20FN3O4/c17-12-4-2-1-3-11(12)14(16(23)24)19-15(22)10-5-7-20(8-6-10)9-13(18)21/h1-4,10,14H,5-9H2,(H2,18,21)(H,19,22)(H,23,24)/t14-/m1/s1. The van der Waals surface area contributed by atoms with Crippen LogP contribution in [0, 0.1) is 11.7 Å². The number of carbonyl (C=O) groups excluding carboxylic acids is 2. The number of nitrogens with two attached hydrogens (primary N) is 1. The van der Waals surface area contributed by atoms with Gasteiger partial charge in [0.15, 0.2) is 6.04 Å². The highest BCUT2D eigenvalue weighted by atomic mass is 19.1. The van der Waals surface area contributed by atoms with Crippen molar-refractivity contribution in [3.05, 3.63) is 35.6 Å². The molecular formula is C16H20FN3O4. The van der Waals surface area contributed by atoms with Gasteiger partial charge in [0.1, 0.15) is 5.82 Å². The molecule has 0 unspecified atom stereocenters. The number of carbonyl (C=O) groups is 3. The minimum Gasteiger partial charge on any atom is -0.479 e. The Balaban J connectivity index is 1.99. The fourth-order valence-corrected chi connectivity index (χ4v) is 2.82. The molecule has 1 heterocycles. The van der Waals surface area contributed by atoms with Gasteiger partial charge in [0.25, 0.3) is 0 Å². The van der Waals surface area contributed by atoms with Gasteiger partial charge in [-0.05, 0) is 32.0 Å². The second kappa shape index (κ2) is 7.87. The first kappa shape index (κ1) is 17.9. The second-order valence-electron chi connectivity index (χ2n) is 5.82. The van der Waals surface area contributed by atoms with E-state index in [0.717, 1.165) is 6.07 Å². The van der Waals surface area contributed by atoms with Crippen LogP contribution in [0.1, 0.15) is 24.4 Å². The molecule has 0 aliphatic carbocycles. The topological polar surface area (TPSA) is 113 Å². The van der Waals surface area contributed by atoms with Gasteiger partial charge in [-0.2, -0.15) is 0 Å². The summed E-state index contributed by atoms with van der Waals surface area (Å²) >= 11 is 0. The minimum atomic E-state index is -1.43. The predicted molar refractivity (Wildman–Crippen MR) is 83.3 cm³/mol. The van der Waals surface area contributed by atoms with Crippen LogP contribution in [0.4, 0.5) is 4.39 Å². The molecule has 1 atom stereocenters. The van der Waals surface area contributed by atoms with Crippen LogP contribution in [-0.4, -0.2) is 47.4 Å². The van der Waals surface area contributed by atoms with E-state index < -0.39 is 29.6 Å². The van der Waals surface area contributed by atoms with Crippen LogP contribution < -0.4 is 11.1 Å². The number of hydrogen-bond acceptors (Lipinski definition) is 4. The number of halogens is 1. The molecule has 2 amide bonds. The average Bonchev–Trinajstić information content (AvgIpc) is 2.53. The van der Waals surface area contributed by atoms with Gasteiger partial charge >= 0.3 is 5.97 Å². The van der Waals surface area contributed by atoms with E-state index in [1.807, 2.05) is 4.90 Å². The number of carboxylic acids is 1. The Hall–Kier alpha value is -2.48. The largest absolute Gasteiger partial charge is 0.479 e. The smallest absolute Gasteiger partial charge is 0.331 e.